The summed E-state index contributed by atoms with van der Waals surface area (Å²) in [4.78, 5) is 0.933. The van der Waals surface area contributed by atoms with E-state index >= 15 is 0 Å². The SMILES string of the molecule is CCSc1ccccc1NS(=O)(=O)CCCl. The molecule has 1 aromatic carbocycles. The Morgan fingerprint density at radius 1 is 1.38 bits per heavy atom. The Balaban J connectivity index is 2.88. The fourth-order valence-corrected chi connectivity index (χ4v) is 3.41. The molecule has 0 aromatic heterocycles. The van der Waals surface area contributed by atoms with E-state index in [0.29, 0.717) is 5.69 Å². The van der Waals surface area contributed by atoms with Crippen molar-refractivity contribution in [2.75, 3.05) is 22.1 Å². The van der Waals surface area contributed by atoms with Crippen LogP contribution >= 0.6 is 23.4 Å². The lowest BCUT2D eigenvalue weighted by molar-refractivity contribution is 0.602. The normalized spacial score (nSPS) is 11.4. The van der Waals surface area contributed by atoms with Crippen molar-refractivity contribution in [2.45, 2.75) is 11.8 Å². The molecule has 0 unspecified atom stereocenters. The molecule has 0 aliphatic carbocycles. The summed E-state index contributed by atoms with van der Waals surface area (Å²) in [6.07, 6.45) is 0. The van der Waals surface area contributed by atoms with E-state index in [9.17, 15) is 8.42 Å². The molecule has 0 saturated heterocycles. The largest absolute Gasteiger partial charge is 0.282 e. The minimum absolute atomic E-state index is 0.0698. The number of thioether (sulfide) groups is 1. The second kappa shape index (κ2) is 6.37. The van der Waals surface area contributed by atoms with Gasteiger partial charge in [0, 0.05) is 10.8 Å². The Morgan fingerprint density at radius 3 is 2.69 bits per heavy atom. The first-order chi connectivity index (χ1) is 7.59. The number of hydrogen-bond donors (Lipinski definition) is 1. The fraction of sp³-hybridized carbons (Fsp3) is 0.400. The van der Waals surface area contributed by atoms with Gasteiger partial charge in [0.1, 0.15) is 0 Å². The summed E-state index contributed by atoms with van der Waals surface area (Å²) in [7, 11) is -3.32. The molecule has 0 bridgehead atoms. The van der Waals surface area contributed by atoms with Gasteiger partial charge in [-0.15, -0.1) is 23.4 Å². The Hall–Kier alpha value is -0.390. The topological polar surface area (TPSA) is 46.2 Å². The van der Waals surface area contributed by atoms with E-state index in [4.69, 9.17) is 11.6 Å². The monoisotopic (exact) mass is 279 g/mol. The van der Waals surface area contributed by atoms with Crippen LogP contribution in [0.2, 0.25) is 0 Å². The van der Waals surface area contributed by atoms with Gasteiger partial charge in [0.25, 0.3) is 0 Å². The van der Waals surface area contributed by atoms with Crippen molar-refractivity contribution >= 4 is 39.1 Å². The van der Waals surface area contributed by atoms with Gasteiger partial charge in [0.2, 0.25) is 10.0 Å². The molecule has 0 saturated carbocycles. The van der Waals surface area contributed by atoms with E-state index in [2.05, 4.69) is 4.72 Å². The third-order valence-corrected chi connectivity index (χ3v) is 4.44. The molecule has 3 nitrogen and oxygen atoms in total. The zero-order chi connectivity index (χ0) is 12.0. The molecule has 0 fully saturated rings. The molecule has 0 amide bonds. The molecule has 1 aromatic rings. The van der Waals surface area contributed by atoms with Crippen LogP contribution in [0.3, 0.4) is 0 Å². The maximum Gasteiger partial charge on any atom is 0.233 e. The molecule has 6 heteroatoms. The Kier molecular flexibility index (Phi) is 5.44. The summed E-state index contributed by atoms with van der Waals surface area (Å²) in [5.41, 5.74) is 0.625. The first-order valence-electron chi connectivity index (χ1n) is 4.87. The lowest BCUT2D eigenvalue weighted by Gasteiger charge is -2.10. The standard InChI is InChI=1S/C10H14ClNO2S2/c1-2-15-10-6-4-3-5-9(10)12-16(13,14)8-7-11/h3-6,12H,2,7-8H2,1H3. The van der Waals surface area contributed by atoms with Gasteiger partial charge in [-0.3, -0.25) is 4.72 Å². The first kappa shape index (κ1) is 13.7. The number of benzene rings is 1. The number of halogens is 1. The second-order valence-electron chi connectivity index (χ2n) is 3.04. The summed E-state index contributed by atoms with van der Waals surface area (Å²) in [5.74, 6) is 0.923. The highest BCUT2D eigenvalue weighted by molar-refractivity contribution is 7.99. The zero-order valence-corrected chi connectivity index (χ0v) is 11.3. The van der Waals surface area contributed by atoms with E-state index in [1.165, 1.54) is 0 Å². The van der Waals surface area contributed by atoms with Crippen LogP contribution in [0.15, 0.2) is 29.2 Å². The molecule has 90 valence electrons. The molecule has 0 heterocycles. The van der Waals surface area contributed by atoms with Crippen LogP contribution in [0.5, 0.6) is 0 Å². The zero-order valence-electron chi connectivity index (χ0n) is 8.94. The Bertz CT molecular complexity index is 434. The van der Waals surface area contributed by atoms with E-state index in [-0.39, 0.29) is 11.6 Å². The van der Waals surface area contributed by atoms with E-state index in [0.717, 1.165) is 10.6 Å². The molecule has 0 aliphatic rings. The quantitative estimate of drug-likeness (QED) is 0.643. The van der Waals surface area contributed by atoms with Gasteiger partial charge in [0.05, 0.1) is 11.4 Å². The first-order valence-corrected chi connectivity index (χ1v) is 8.04. The Labute approximate surface area is 106 Å². The number of para-hydroxylation sites is 1. The van der Waals surface area contributed by atoms with Crippen molar-refractivity contribution in [2.24, 2.45) is 0 Å². The smallest absolute Gasteiger partial charge is 0.233 e. The number of alkyl halides is 1. The Morgan fingerprint density at radius 2 is 2.06 bits per heavy atom. The van der Waals surface area contributed by atoms with Gasteiger partial charge in [-0.2, -0.15) is 0 Å². The van der Waals surface area contributed by atoms with Crippen LogP contribution in [-0.4, -0.2) is 25.8 Å². The maximum atomic E-state index is 11.6. The predicted molar refractivity (Wildman–Crippen MR) is 71.0 cm³/mol. The molecular weight excluding hydrogens is 266 g/mol. The van der Waals surface area contributed by atoms with Crippen molar-refractivity contribution in [1.29, 1.82) is 0 Å². The number of sulfonamides is 1. The van der Waals surface area contributed by atoms with Crippen LogP contribution < -0.4 is 4.72 Å². The number of nitrogens with one attached hydrogen (secondary N) is 1. The summed E-state index contributed by atoms with van der Waals surface area (Å²) in [5, 5.41) is 0. The second-order valence-corrected chi connectivity index (χ2v) is 6.56. The summed E-state index contributed by atoms with van der Waals surface area (Å²) < 4.78 is 25.6. The average molecular weight is 280 g/mol. The highest BCUT2D eigenvalue weighted by Crippen LogP contribution is 2.27. The van der Waals surface area contributed by atoms with E-state index < -0.39 is 10.0 Å². The van der Waals surface area contributed by atoms with Crippen LogP contribution in [0, 0.1) is 0 Å². The van der Waals surface area contributed by atoms with Gasteiger partial charge >= 0.3 is 0 Å². The van der Waals surface area contributed by atoms with Gasteiger partial charge in [0.15, 0.2) is 0 Å². The molecular formula is C10H14ClNO2S2. The minimum Gasteiger partial charge on any atom is -0.282 e. The minimum atomic E-state index is -3.32. The van der Waals surface area contributed by atoms with E-state index in [1.54, 1.807) is 23.9 Å². The predicted octanol–water partition coefficient (Wildman–Crippen LogP) is 2.78. The fourth-order valence-electron chi connectivity index (χ4n) is 1.15. The lowest BCUT2D eigenvalue weighted by atomic mass is 10.3. The lowest BCUT2D eigenvalue weighted by Crippen LogP contribution is -2.17. The van der Waals surface area contributed by atoms with E-state index in [1.807, 2.05) is 19.1 Å². The molecule has 0 radical (unpaired) electrons. The van der Waals surface area contributed by atoms with Crippen molar-refractivity contribution in [3.8, 4) is 0 Å². The third kappa shape index (κ3) is 4.23. The molecule has 0 atom stereocenters. The van der Waals surface area contributed by atoms with Crippen molar-refractivity contribution < 1.29 is 8.42 Å². The number of rotatable bonds is 6. The molecule has 16 heavy (non-hydrogen) atoms. The number of anilines is 1. The summed E-state index contributed by atoms with van der Waals surface area (Å²) in [6.45, 7) is 2.02. The van der Waals surface area contributed by atoms with Gasteiger partial charge < -0.3 is 0 Å². The van der Waals surface area contributed by atoms with Crippen molar-refractivity contribution in [1.82, 2.24) is 0 Å². The molecule has 0 aliphatic heterocycles. The molecule has 1 N–H and O–H groups in total. The average Bonchev–Trinajstić information content (AvgIpc) is 2.20. The van der Waals surface area contributed by atoms with Crippen molar-refractivity contribution in [3.05, 3.63) is 24.3 Å². The van der Waals surface area contributed by atoms with Crippen LogP contribution in [0.1, 0.15) is 6.92 Å². The van der Waals surface area contributed by atoms with Crippen molar-refractivity contribution in [3.63, 3.8) is 0 Å². The summed E-state index contributed by atoms with van der Waals surface area (Å²) >= 11 is 7.03. The maximum absolute atomic E-state index is 11.6. The molecule has 0 spiro atoms. The molecule has 1 rings (SSSR count). The highest BCUT2D eigenvalue weighted by Gasteiger charge is 2.11. The number of hydrogen-bond acceptors (Lipinski definition) is 3. The third-order valence-electron chi connectivity index (χ3n) is 1.80. The van der Waals surface area contributed by atoms with Crippen LogP contribution in [0.4, 0.5) is 5.69 Å². The van der Waals surface area contributed by atoms with Gasteiger partial charge in [-0.1, -0.05) is 19.1 Å². The van der Waals surface area contributed by atoms with Crippen LogP contribution in [-0.2, 0) is 10.0 Å². The highest BCUT2D eigenvalue weighted by atomic mass is 35.5. The van der Waals surface area contributed by atoms with Gasteiger partial charge in [-0.25, -0.2) is 8.42 Å². The van der Waals surface area contributed by atoms with Gasteiger partial charge in [-0.05, 0) is 17.9 Å². The van der Waals surface area contributed by atoms with Crippen LogP contribution in [0.25, 0.3) is 0 Å². The summed E-state index contributed by atoms with van der Waals surface area (Å²) in [6, 6.07) is 7.34.